The molecule has 1 aromatic rings. The molecule has 1 unspecified atom stereocenters. The second-order valence-corrected chi connectivity index (χ2v) is 3.86. The van der Waals surface area contributed by atoms with Crippen molar-refractivity contribution in [3.8, 4) is 0 Å². The molecule has 0 spiro atoms. The van der Waals surface area contributed by atoms with Crippen LogP contribution in [-0.4, -0.2) is 39.8 Å². The molecular formula is C9H12N2O3. The Hall–Kier alpha value is -1.36. The Morgan fingerprint density at radius 3 is 3.07 bits per heavy atom. The second kappa shape index (κ2) is 3.09. The van der Waals surface area contributed by atoms with Crippen molar-refractivity contribution in [1.29, 1.82) is 0 Å². The average Bonchev–Trinajstić information content (AvgIpc) is 2.72. The van der Waals surface area contributed by atoms with Crippen LogP contribution in [0.1, 0.15) is 23.8 Å². The van der Waals surface area contributed by atoms with Gasteiger partial charge in [0.1, 0.15) is 6.26 Å². The average molecular weight is 196 g/mol. The maximum absolute atomic E-state index is 11.7. The third-order valence-electron chi connectivity index (χ3n) is 2.40. The number of hydrogen-bond donors (Lipinski definition) is 1. The topological polar surface area (TPSA) is 66.6 Å². The van der Waals surface area contributed by atoms with Gasteiger partial charge in [0, 0.05) is 19.2 Å². The van der Waals surface area contributed by atoms with E-state index in [0.717, 1.165) is 0 Å². The van der Waals surface area contributed by atoms with Gasteiger partial charge in [0.05, 0.1) is 5.60 Å². The van der Waals surface area contributed by atoms with Gasteiger partial charge in [-0.25, -0.2) is 0 Å². The van der Waals surface area contributed by atoms with Gasteiger partial charge in [-0.1, -0.05) is 5.16 Å². The summed E-state index contributed by atoms with van der Waals surface area (Å²) in [4.78, 5) is 13.3. The molecule has 5 nitrogen and oxygen atoms in total. The predicted octanol–water partition coefficient (Wildman–Crippen LogP) is 0.272. The highest BCUT2D eigenvalue weighted by Crippen LogP contribution is 2.21. The van der Waals surface area contributed by atoms with E-state index >= 15 is 0 Å². The van der Waals surface area contributed by atoms with Gasteiger partial charge in [-0.15, -0.1) is 0 Å². The fourth-order valence-electron chi connectivity index (χ4n) is 1.60. The number of nitrogens with zero attached hydrogens (tertiary/aromatic N) is 2. The highest BCUT2D eigenvalue weighted by Gasteiger charge is 2.34. The van der Waals surface area contributed by atoms with E-state index in [0.29, 0.717) is 25.2 Å². The fraction of sp³-hybridized carbons (Fsp3) is 0.556. The zero-order valence-electron chi connectivity index (χ0n) is 7.93. The van der Waals surface area contributed by atoms with Crippen LogP contribution in [0, 0.1) is 0 Å². The number of β-amino-alcohol motifs (C(OH)–C–C–N with tert-alkyl or cyclic N) is 1. The Morgan fingerprint density at radius 2 is 2.57 bits per heavy atom. The predicted molar refractivity (Wildman–Crippen MR) is 47.6 cm³/mol. The molecular weight excluding hydrogens is 184 g/mol. The molecule has 1 fully saturated rings. The molecule has 5 heteroatoms. The maximum atomic E-state index is 11.7. The van der Waals surface area contributed by atoms with Crippen molar-refractivity contribution >= 4 is 5.91 Å². The van der Waals surface area contributed by atoms with E-state index in [1.165, 1.54) is 12.3 Å². The fourth-order valence-corrected chi connectivity index (χ4v) is 1.60. The minimum Gasteiger partial charge on any atom is -0.388 e. The van der Waals surface area contributed by atoms with Crippen LogP contribution < -0.4 is 0 Å². The summed E-state index contributed by atoms with van der Waals surface area (Å²) in [6.45, 7) is 2.65. The smallest absolute Gasteiger partial charge is 0.276 e. The van der Waals surface area contributed by atoms with Crippen molar-refractivity contribution in [3.05, 3.63) is 18.0 Å². The van der Waals surface area contributed by atoms with E-state index < -0.39 is 5.60 Å². The molecule has 1 saturated heterocycles. The summed E-state index contributed by atoms with van der Waals surface area (Å²) < 4.78 is 4.59. The molecule has 0 radical (unpaired) electrons. The summed E-state index contributed by atoms with van der Waals surface area (Å²) in [7, 11) is 0. The summed E-state index contributed by atoms with van der Waals surface area (Å²) >= 11 is 0. The first-order chi connectivity index (χ1) is 6.58. The standard InChI is InChI=1S/C9H12N2O3/c1-9(13)3-4-11(6-9)8(12)7-2-5-14-10-7/h2,5,13H,3-4,6H2,1H3. The van der Waals surface area contributed by atoms with Crippen LogP contribution in [0.4, 0.5) is 0 Å². The number of hydrogen-bond acceptors (Lipinski definition) is 4. The highest BCUT2D eigenvalue weighted by atomic mass is 16.5. The third kappa shape index (κ3) is 1.63. The third-order valence-corrected chi connectivity index (χ3v) is 2.40. The van der Waals surface area contributed by atoms with Crippen molar-refractivity contribution in [2.24, 2.45) is 0 Å². The zero-order valence-corrected chi connectivity index (χ0v) is 7.93. The minimum absolute atomic E-state index is 0.184. The maximum Gasteiger partial charge on any atom is 0.276 e. The number of aliphatic hydroxyl groups is 1. The molecule has 76 valence electrons. The van der Waals surface area contributed by atoms with Gasteiger partial charge in [-0.3, -0.25) is 4.79 Å². The summed E-state index contributed by atoms with van der Waals surface area (Å²) in [5, 5.41) is 13.2. The van der Waals surface area contributed by atoms with Crippen LogP contribution in [-0.2, 0) is 0 Å². The first kappa shape index (κ1) is 9.21. The Balaban J connectivity index is 2.08. The van der Waals surface area contributed by atoms with Crippen LogP contribution in [0.5, 0.6) is 0 Å². The van der Waals surface area contributed by atoms with Gasteiger partial charge >= 0.3 is 0 Å². The lowest BCUT2D eigenvalue weighted by atomic mass is 10.1. The second-order valence-electron chi connectivity index (χ2n) is 3.86. The lowest BCUT2D eigenvalue weighted by molar-refractivity contribution is 0.0566. The largest absolute Gasteiger partial charge is 0.388 e. The van der Waals surface area contributed by atoms with Crippen LogP contribution in [0.15, 0.2) is 16.9 Å². The quantitative estimate of drug-likeness (QED) is 0.700. The van der Waals surface area contributed by atoms with E-state index in [4.69, 9.17) is 0 Å². The molecule has 1 aliphatic heterocycles. The molecule has 0 aliphatic carbocycles. The van der Waals surface area contributed by atoms with Crippen molar-refractivity contribution < 1.29 is 14.4 Å². The van der Waals surface area contributed by atoms with Crippen molar-refractivity contribution in [2.75, 3.05) is 13.1 Å². The lowest BCUT2D eigenvalue weighted by Crippen LogP contribution is -2.34. The molecule has 1 amide bonds. The van der Waals surface area contributed by atoms with Gasteiger partial charge < -0.3 is 14.5 Å². The molecule has 14 heavy (non-hydrogen) atoms. The first-order valence-corrected chi connectivity index (χ1v) is 4.50. The molecule has 1 aliphatic rings. The normalized spacial score (nSPS) is 26.9. The van der Waals surface area contributed by atoms with E-state index in [9.17, 15) is 9.90 Å². The van der Waals surface area contributed by atoms with Crippen molar-refractivity contribution in [1.82, 2.24) is 10.1 Å². The highest BCUT2D eigenvalue weighted by molar-refractivity contribution is 5.92. The summed E-state index contributed by atoms with van der Waals surface area (Å²) in [6, 6.07) is 1.52. The number of aromatic nitrogens is 1. The van der Waals surface area contributed by atoms with Gasteiger partial charge in [0.25, 0.3) is 5.91 Å². The SMILES string of the molecule is CC1(O)CCN(C(=O)c2ccon2)C1. The number of likely N-dealkylation sites (tertiary alicyclic amines) is 1. The number of amides is 1. The monoisotopic (exact) mass is 196 g/mol. The lowest BCUT2D eigenvalue weighted by Gasteiger charge is -2.17. The number of carbonyl (C=O) groups is 1. The van der Waals surface area contributed by atoms with Gasteiger partial charge in [-0.2, -0.15) is 0 Å². The molecule has 1 N–H and O–H groups in total. The van der Waals surface area contributed by atoms with Crippen LogP contribution in [0.25, 0.3) is 0 Å². The molecule has 1 atom stereocenters. The Bertz CT molecular complexity index is 332. The van der Waals surface area contributed by atoms with Crippen LogP contribution in [0.3, 0.4) is 0 Å². The summed E-state index contributed by atoms with van der Waals surface area (Å²) in [5.41, 5.74) is -0.470. The van der Waals surface area contributed by atoms with E-state index in [2.05, 4.69) is 9.68 Å². The number of rotatable bonds is 1. The van der Waals surface area contributed by atoms with Crippen LogP contribution >= 0.6 is 0 Å². The molecule has 0 aromatic carbocycles. The summed E-state index contributed by atoms with van der Waals surface area (Å²) in [6.07, 6.45) is 1.97. The first-order valence-electron chi connectivity index (χ1n) is 4.50. The molecule has 0 saturated carbocycles. The van der Waals surface area contributed by atoms with Crippen molar-refractivity contribution in [2.45, 2.75) is 18.9 Å². The Kier molecular flexibility index (Phi) is 2.03. The van der Waals surface area contributed by atoms with E-state index in [1.807, 2.05) is 0 Å². The molecule has 1 aromatic heterocycles. The molecule has 0 bridgehead atoms. The molecule has 2 rings (SSSR count). The van der Waals surface area contributed by atoms with E-state index in [-0.39, 0.29) is 5.91 Å². The van der Waals surface area contributed by atoms with E-state index in [1.54, 1.807) is 11.8 Å². The van der Waals surface area contributed by atoms with Gasteiger partial charge in [0.2, 0.25) is 0 Å². The summed E-state index contributed by atoms with van der Waals surface area (Å²) in [5.74, 6) is -0.184. The Labute approximate surface area is 81.3 Å². The Morgan fingerprint density at radius 1 is 1.79 bits per heavy atom. The van der Waals surface area contributed by atoms with Gasteiger partial charge in [-0.05, 0) is 13.3 Å². The molecule has 2 heterocycles. The minimum atomic E-state index is -0.764. The van der Waals surface area contributed by atoms with Gasteiger partial charge in [0.15, 0.2) is 5.69 Å². The zero-order chi connectivity index (χ0) is 10.2. The number of carbonyl (C=O) groups excluding carboxylic acids is 1. The van der Waals surface area contributed by atoms with Crippen molar-refractivity contribution in [3.63, 3.8) is 0 Å². The van der Waals surface area contributed by atoms with Crippen LogP contribution in [0.2, 0.25) is 0 Å².